The van der Waals surface area contributed by atoms with E-state index in [0.717, 1.165) is 16.9 Å². The fourth-order valence-corrected chi connectivity index (χ4v) is 1.58. The zero-order valence-corrected chi connectivity index (χ0v) is 10.6. The van der Waals surface area contributed by atoms with E-state index in [2.05, 4.69) is 20.3 Å². The summed E-state index contributed by atoms with van der Waals surface area (Å²) in [7, 11) is 0. The number of hydrogen-bond donors (Lipinski definition) is 1. The summed E-state index contributed by atoms with van der Waals surface area (Å²) in [6.07, 6.45) is 5.05. The van der Waals surface area contributed by atoms with Crippen molar-refractivity contribution in [2.45, 2.75) is 20.4 Å². The van der Waals surface area contributed by atoms with Crippen LogP contribution in [-0.4, -0.2) is 21.6 Å². The van der Waals surface area contributed by atoms with Gasteiger partial charge in [0.1, 0.15) is 12.1 Å². The van der Waals surface area contributed by atoms with Crippen molar-refractivity contribution in [3.8, 4) is 5.88 Å². The van der Waals surface area contributed by atoms with Gasteiger partial charge in [0, 0.05) is 18.9 Å². The van der Waals surface area contributed by atoms with Crippen molar-refractivity contribution in [3.63, 3.8) is 0 Å². The van der Waals surface area contributed by atoms with E-state index in [1.807, 2.05) is 26.0 Å². The normalized spacial score (nSPS) is 10.1. The summed E-state index contributed by atoms with van der Waals surface area (Å²) in [5, 5.41) is 3.27. The number of pyridine rings is 1. The molecule has 0 saturated heterocycles. The molecule has 0 spiro atoms. The van der Waals surface area contributed by atoms with Crippen LogP contribution in [0.4, 0.5) is 5.82 Å². The largest absolute Gasteiger partial charge is 0.478 e. The maximum absolute atomic E-state index is 5.43. The van der Waals surface area contributed by atoms with Gasteiger partial charge in [0.2, 0.25) is 5.88 Å². The second-order valence-electron chi connectivity index (χ2n) is 3.79. The van der Waals surface area contributed by atoms with Crippen LogP contribution < -0.4 is 10.1 Å². The maximum atomic E-state index is 5.43. The Balaban J connectivity index is 2.08. The lowest BCUT2D eigenvalue weighted by Crippen LogP contribution is -2.06. The molecular weight excluding hydrogens is 228 g/mol. The van der Waals surface area contributed by atoms with Crippen LogP contribution in [-0.2, 0) is 6.54 Å². The second-order valence-corrected chi connectivity index (χ2v) is 3.79. The third-order valence-electron chi connectivity index (χ3n) is 2.53. The first-order valence-corrected chi connectivity index (χ1v) is 5.88. The lowest BCUT2D eigenvalue weighted by Gasteiger charge is -2.11. The van der Waals surface area contributed by atoms with E-state index in [0.29, 0.717) is 19.0 Å². The molecule has 2 heterocycles. The Hall–Kier alpha value is -2.17. The summed E-state index contributed by atoms with van der Waals surface area (Å²) in [6, 6.07) is 3.93. The van der Waals surface area contributed by atoms with E-state index in [4.69, 9.17) is 4.74 Å². The van der Waals surface area contributed by atoms with Crippen LogP contribution in [0, 0.1) is 6.92 Å². The van der Waals surface area contributed by atoms with Gasteiger partial charge in [0.05, 0.1) is 12.2 Å². The molecule has 0 radical (unpaired) electrons. The molecule has 2 rings (SSSR count). The fraction of sp³-hybridized carbons (Fsp3) is 0.308. The highest BCUT2D eigenvalue weighted by atomic mass is 16.5. The predicted octanol–water partition coefficient (Wildman–Crippen LogP) is 2.19. The quantitative estimate of drug-likeness (QED) is 0.873. The van der Waals surface area contributed by atoms with Gasteiger partial charge in [-0.2, -0.15) is 0 Å². The molecule has 0 bridgehead atoms. The van der Waals surface area contributed by atoms with Crippen molar-refractivity contribution in [2.24, 2.45) is 0 Å². The van der Waals surface area contributed by atoms with E-state index in [1.165, 1.54) is 6.33 Å². The molecule has 0 atom stereocenters. The minimum absolute atomic E-state index is 0.599. The summed E-state index contributed by atoms with van der Waals surface area (Å²) in [4.78, 5) is 12.3. The van der Waals surface area contributed by atoms with E-state index in [1.54, 1.807) is 12.4 Å². The Kier molecular flexibility index (Phi) is 4.06. The summed E-state index contributed by atoms with van der Waals surface area (Å²) in [5.74, 6) is 1.43. The zero-order valence-electron chi connectivity index (χ0n) is 10.6. The van der Waals surface area contributed by atoms with E-state index >= 15 is 0 Å². The molecule has 0 unspecified atom stereocenters. The molecule has 18 heavy (non-hydrogen) atoms. The monoisotopic (exact) mass is 244 g/mol. The van der Waals surface area contributed by atoms with E-state index in [-0.39, 0.29) is 0 Å². The van der Waals surface area contributed by atoms with Gasteiger partial charge in [-0.25, -0.2) is 9.97 Å². The van der Waals surface area contributed by atoms with Crippen LogP contribution in [0.5, 0.6) is 5.88 Å². The first-order valence-electron chi connectivity index (χ1n) is 5.88. The van der Waals surface area contributed by atoms with Gasteiger partial charge in [0.15, 0.2) is 0 Å². The molecule has 0 aliphatic heterocycles. The summed E-state index contributed by atoms with van der Waals surface area (Å²) >= 11 is 0. The molecule has 1 N–H and O–H groups in total. The topological polar surface area (TPSA) is 59.9 Å². The highest BCUT2D eigenvalue weighted by molar-refractivity contribution is 5.47. The minimum Gasteiger partial charge on any atom is -0.478 e. The van der Waals surface area contributed by atoms with E-state index in [9.17, 15) is 0 Å². The van der Waals surface area contributed by atoms with Crippen LogP contribution in [0.2, 0.25) is 0 Å². The Bertz CT molecular complexity index is 502. The Morgan fingerprint density at radius 1 is 1.22 bits per heavy atom. The number of rotatable bonds is 5. The van der Waals surface area contributed by atoms with Crippen LogP contribution in [0.3, 0.4) is 0 Å². The standard InChI is InChI=1S/C13H16N4O/c1-3-18-13-10(2)12(16-9-17-13)15-8-11-4-6-14-7-5-11/h4-7,9H,3,8H2,1-2H3,(H,15,16,17). The van der Waals surface area contributed by atoms with Gasteiger partial charge in [-0.3, -0.25) is 4.98 Å². The molecule has 0 saturated carbocycles. The maximum Gasteiger partial charge on any atom is 0.221 e. The van der Waals surface area contributed by atoms with Crippen molar-refractivity contribution in [3.05, 3.63) is 42.0 Å². The smallest absolute Gasteiger partial charge is 0.221 e. The average Bonchev–Trinajstić information content (AvgIpc) is 2.41. The number of anilines is 1. The molecule has 0 aliphatic carbocycles. The van der Waals surface area contributed by atoms with Crippen molar-refractivity contribution in [1.82, 2.24) is 15.0 Å². The van der Waals surface area contributed by atoms with Crippen LogP contribution in [0.15, 0.2) is 30.9 Å². The van der Waals surface area contributed by atoms with Crippen LogP contribution in [0.25, 0.3) is 0 Å². The highest BCUT2D eigenvalue weighted by Crippen LogP contribution is 2.20. The summed E-state index contributed by atoms with van der Waals surface area (Å²) in [5.41, 5.74) is 2.08. The van der Waals surface area contributed by atoms with Gasteiger partial charge < -0.3 is 10.1 Å². The Morgan fingerprint density at radius 3 is 2.72 bits per heavy atom. The molecule has 0 aromatic carbocycles. The molecule has 5 heteroatoms. The number of hydrogen-bond acceptors (Lipinski definition) is 5. The van der Waals surface area contributed by atoms with Gasteiger partial charge in [-0.05, 0) is 31.5 Å². The zero-order chi connectivity index (χ0) is 12.8. The first kappa shape index (κ1) is 12.3. The third-order valence-corrected chi connectivity index (χ3v) is 2.53. The van der Waals surface area contributed by atoms with Crippen molar-refractivity contribution < 1.29 is 4.74 Å². The molecule has 2 aromatic heterocycles. The van der Waals surface area contributed by atoms with Gasteiger partial charge in [-0.15, -0.1) is 0 Å². The Labute approximate surface area is 106 Å². The number of nitrogens with one attached hydrogen (secondary N) is 1. The number of aromatic nitrogens is 3. The first-order chi connectivity index (χ1) is 8.81. The Morgan fingerprint density at radius 2 is 2.00 bits per heavy atom. The number of nitrogens with zero attached hydrogens (tertiary/aromatic N) is 3. The fourth-order valence-electron chi connectivity index (χ4n) is 1.58. The van der Waals surface area contributed by atoms with E-state index < -0.39 is 0 Å². The second kappa shape index (κ2) is 5.95. The van der Waals surface area contributed by atoms with Crippen molar-refractivity contribution >= 4 is 5.82 Å². The third kappa shape index (κ3) is 2.94. The van der Waals surface area contributed by atoms with Gasteiger partial charge in [-0.1, -0.05) is 0 Å². The molecule has 94 valence electrons. The molecule has 0 aliphatic rings. The van der Waals surface area contributed by atoms with Gasteiger partial charge >= 0.3 is 0 Å². The van der Waals surface area contributed by atoms with Crippen LogP contribution >= 0.6 is 0 Å². The molecular formula is C13H16N4O. The van der Waals surface area contributed by atoms with Gasteiger partial charge in [0.25, 0.3) is 0 Å². The number of ether oxygens (including phenoxy) is 1. The van der Waals surface area contributed by atoms with Crippen molar-refractivity contribution in [1.29, 1.82) is 0 Å². The average molecular weight is 244 g/mol. The molecule has 0 amide bonds. The molecule has 2 aromatic rings. The highest BCUT2D eigenvalue weighted by Gasteiger charge is 2.07. The molecule has 0 fully saturated rings. The van der Waals surface area contributed by atoms with Crippen LogP contribution in [0.1, 0.15) is 18.1 Å². The summed E-state index contributed by atoms with van der Waals surface area (Å²) < 4.78 is 5.43. The summed E-state index contributed by atoms with van der Waals surface area (Å²) in [6.45, 7) is 5.18. The minimum atomic E-state index is 0.599. The predicted molar refractivity (Wildman–Crippen MR) is 69.5 cm³/mol. The van der Waals surface area contributed by atoms with Crippen molar-refractivity contribution in [2.75, 3.05) is 11.9 Å². The lowest BCUT2D eigenvalue weighted by atomic mass is 10.2. The lowest BCUT2D eigenvalue weighted by molar-refractivity contribution is 0.324. The molecule has 5 nitrogen and oxygen atoms in total. The SMILES string of the molecule is CCOc1ncnc(NCc2ccncc2)c1C.